The van der Waals surface area contributed by atoms with Gasteiger partial charge in [0.15, 0.2) is 0 Å². The second-order valence-electron chi connectivity index (χ2n) is 5.95. The van der Waals surface area contributed by atoms with E-state index >= 15 is 0 Å². The number of halogens is 2. The minimum absolute atomic E-state index is 0.270. The molecule has 1 amide bonds. The summed E-state index contributed by atoms with van der Waals surface area (Å²) in [6.07, 6.45) is 0.601. The highest BCUT2D eigenvalue weighted by molar-refractivity contribution is 6.30. The van der Waals surface area contributed by atoms with Gasteiger partial charge in [-0.3, -0.25) is 4.79 Å². The SMILES string of the molecule is Cc1nc(Nc2cccc(Cl)c2)cc(C(=O)NCCc2ccc(F)cc2)n1. The van der Waals surface area contributed by atoms with Crippen molar-refractivity contribution in [1.29, 1.82) is 0 Å². The van der Waals surface area contributed by atoms with Crippen molar-refractivity contribution in [2.24, 2.45) is 0 Å². The normalized spacial score (nSPS) is 10.5. The maximum absolute atomic E-state index is 12.9. The van der Waals surface area contributed by atoms with Crippen LogP contribution in [0, 0.1) is 12.7 Å². The van der Waals surface area contributed by atoms with Crippen LogP contribution in [0.5, 0.6) is 0 Å². The summed E-state index contributed by atoms with van der Waals surface area (Å²) in [7, 11) is 0. The Balaban J connectivity index is 1.64. The Morgan fingerprint density at radius 1 is 1.11 bits per heavy atom. The molecule has 2 aromatic carbocycles. The summed E-state index contributed by atoms with van der Waals surface area (Å²) in [5, 5.41) is 6.54. The number of aromatic nitrogens is 2. The smallest absolute Gasteiger partial charge is 0.270 e. The number of nitrogens with zero attached hydrogens (tertiary/aromatic N) is 2. The van der Waals surface area contributed by atoms with Crippen molar-refractivity contribution in [2.75, 3.05) is 11.9 Å². The predicted octanol–water partition coefficient (Wildman–Crippen LogP) is 4.29. The number of anilines is 2. The van der Waals surface area contributed by atoms with Crippen LogP contribution >= 0.6 is 11.6 Å². The third kappa shape index (κ3) is 5.49. The van der Waals surface area contributed by atoms with Gasteiger partial charge in [-0.25, -0.2) is 14.4 Å². The molecule has 0 saturated heterocycles. The topological polar surface area (TPSA) is 66.9 Å². The summed E-state index contributed by atoms with van der Waals surface area (Å²) in [4.78, 5) is 20.9. The monoisotopic (exact) mass is 384 g/mol. The average molecular weight is 385 g/mol. The third-order valence-corrected chi connectivity index (χ3v) is 4.02. The summed E-state index contributed by atoms with van der Waals surface area (Å²) in [5.74, 6) is 0.412. The van der Waals surface area contributed by atoms with Gasteiger partial charge in [0.2, 0.25) is 0 Å². The van der Waals surface area contributed by atoms with Crippen LogP contribution in [-0.4, -0.2) is 22.4 Å². The first kappa shape index (κ1) is 18.8. The van der Waals surface area contributed by atoms with Gasteiger partial charge in [0, 0.05) is 23.3 Å². The average Bonchev–Trinajstić information content (AvgIpc) is 2.63. The summed E-state index contributed by atoms with van der Waals surface area (Å²) in [5.41, 5.74) is 1.98. The van der Waals surface area contributed by atoms with E-state index in [4.69, 9.17) is 11.6 Å². The number of carbonyl (C=O) groups excluding carboxylic acids is 1. The van der Waals surface area contributed by atoms with Crippen molar-refractivity contribution in [1.82, 2.24) is 15.3 Å². The Morgan fingerprint density at radius 2 is 1.89 bits per heavy atom. The van der Waals surface area contributed by atoms with Gasteiger partial charge in [0.05, 0.1) is 0 Å². The molecule has 3 rings (SSSR count). The van der Waals surface area contributed by atoms with Crippen molar-refractivity contribution in [3.63, 3.8) is 0 Å². The summed E-state index contributed by atoms with van der Waals surface area (Å²) >= 11 is 5.98. The molecule has 1 aromatic heterocycles. The molecule has 2 N–H and O–H groups in total. The number of nitrogens with one attached hydrogen (secondary N) is 2. The van der Waals surface area contributed by atoms with Gasteiger partial charge in [-0.15, -0.1) is 0 Å². The number of amides is 1. The van der Waals surface area contributed by atoms with Gasteiger partial charge in [0.1, 0.15) is 23.2 Å². The van der Waals surface area contributed by atoms with E-state index in [1.807, 2.05) is 12.1 Å². The minimum Gasteiger partial charge on any atom is -0.350 e. The fourth-order valence-corrected chi connectivity index (χ4v) is 2.71. The molecule has 0 atom stereocenters. The highest BCUT2D eigenvalue weighted by Crippen LogP contribution is 2.19. The highest BCUT2D eigenvalue weighted by atomic mass is 35.5. The van der Waals surface area contributed by atoms with Gasteiger partial charge in [-0.2, -0.15) is 0 Å². The van der Waals surface area contributed by atoms with Crippen LogP contribution in [-0.2, 0) is 6.42 Å². The molecule has 0 aliphatic carbocycles. The molecule has 1 heterocycles. The summed E-state index contributed by atoms with van der Waals surface area (Å²) in [6.45, 7) is 2.14. The van der Waals surface area contributed by atoms with E-state index in [9.17, 15) is 9.18 Å². The lowest BCUT2D eigenvalue weighted by Crippen LogP contribution is -2.27. The number of rotatable bonds is 6. The van der Waals surface area contributed by atoms with Crippen LogP contribution in [0.3, 0.4) is 0 Å². The van der Waals surface area contributed by atoms with E-state index in [0.29, 0.717) is 29.6 Å². The molecule has 0 bridgehead atoms. The maximum atomic E-state index is 12.9. The zero-order chi connectivity index (χ0) is 19.2. The van der Waals surface area contributed by atoms with Crippen LogP contribution in [0.4, 0.5) is 15.9 Å². The first-order chi connectivity index (χ1) is 13.0. The van der Waals surface area contributed by atoms with Crippen molar-refractivity contribution in [3.05, 3.63) is 82.5 Å². The molecule has 5 nitrogen and oxygen atoms in total. The largest absolute Gasteiger partial charge is 0.350 e. The van der Waals surface area contributed by atoms with Crippen molar-refractivity contribution < 1.29 is 9.18 Å². The molecule has 3 aromatic rings. The van der Waals surface area contributed by atoms with Gasteiger partial charge < -0.3 is 10.6 Å². The van der Waals surface area contributed by atoms with E-state index in [1.54, 1.807) is 37.3 Å². The first-order valence-corrected chi connectivity index (χ1v) is 8.78. The quantitative estimate of drug-likeness (QED) is 0.665. The minimum atomic E-state index is -0.295. The molecular weight excluding hydrogens is 367 g/mol. The molecule has 0 spiro atoms. The number of hydrogen-bond acceptors (Lipinski definition) is 4. The molecule has 0 unspecified atom stereocenters. The first-order valence-electron chi connectivity index (χ1n) is 8.40. The number of aryl methyl sites for hydroxylation is 1. The molecule has 27 heavy (non-hydrogen) atoms. The van der Waals surface area contributed by atoms with E-state index in [1.165, 1.54) is 12.1 Å². The highest BCUT2D eigenvalue weighted by Gasteiger charge is 2.10. The Hall–Kier alpha value is -2.99. The van der Waals surface area contributed by atoms with Crippen LogP contribution in [0.2, 0.25) is 5.02 Å². The van der Waals surface area contributed by atoms with Crippen LogP contribution in [0.1, 0.15) is 21.9 Å². The number of hydrogen-bond donors (Lipinski definition) is 2. The molecule has 7 heteroatoms. The second kappa shape index (κ2) is 8.60. The summed E-state index contributed by atoms with van der Waals surface area (Å²) in [6, 6.07) is 15.0. The molecule has 0 aliphatic heterocycles. The van der Waals surface area contributed by atoms with Crippen molar-refractivity contribution in [2.45, 2.75) is 13.3 Å². The van der Waals surface area contributed by atoms with Crippen molar-refractivity contribution >= 4 is 29.0 Å². The second-order valence-corrected chi connectivity index (χ2v) is 6.39. The molecular formula is C20H18ClFN4O. The molecule has 0 radical (unpaired) electrons. The van der Waals surface area contributed by atoms with Gasteiger partial charge >= 0.3 is 0 Å². The summed E-state index contributed by atoms with van der Waals surface area (Å²) < 4.78 is 12.9. The lowest BCUT2D eigenvalue weighted by atomic mass is 10.1. The fraction of sp³-hybridized carbons (Fsp3) is 0.150. The van der Waals surface area contributed by atoms with E-state index in [2.05, 4.69) is 20.6 Å². The molecule has 0 aliphatic rings. The van der Waals surface area contributed by atoms with Gasteiger partial charge in [-0.05, 0) is 49.2 Å². The van der Waals surface area contributed by atoms with Gasteiger partial charge in [0.25, 0.3) is 5.91 Å². The van der Waals surface area contributed by atoms with Gasteiger partial charge in [-0.1, -0.05) is 29.8 Å². The Labute approximate surface area is 161 Å². The van der Waals surface area contributed by atoms with E-state index in [-0.39, 0.29) is 17.4 Å². The standard InChI is InChI=1S/C20H18ClFN4O/c1-13-24-18(12-19(25-13)26-17-4-2-3-15(21)11-17)20(27)23-10-9-14-5-7-16(22)8-6-14/h2-8,11-12H,9-10H2,1H3,(H,23,27)(H,24,25,26). The Morgan fingerprint density at radius 3 is 2.63 bits per heavy atom. The van der Waals surface area contributed by atoms with E-state index < -0.39 is 0 Å². The van der Waals surface area contributed by atoms with Crippen LogP contribution in [0.25, 0.3) is 0 Å². The van der Waals surface area contributed by atoms with Crippen LogP contribution < -0.4 is 10.6 Å². The van der Waals surface area contributed by atoms with E-state index in [0.717, 1.165) is 11.3 Å². The Kier molecular flexibility index (Phi) is 5.98. The number of carbonyl (C=O) groups is 1. The zero-order valence-electron chi connectivity index (χ0n) is 14.7. The lowest BCUT2D eigenvalue weighted by molar-refractivity contribution is 0.0949. The molecule has 0 fully saturated rings. The third-order valence-electron chi connectivity index (χ3n) is 3.78. The number of benzene rings is 2. The van der Waals surface area contributed by atoms with Crippen molar-refractivity contribution in [3.8, 4) is 0 Å². The maximum Gasteiger partial charge on any atom is 0.270 e. The zero-order valence-corrected chi connectivity index (χ0v) is 15.4. The molecule has 138 valence electrons. The predicted molar refractivity (Wildman–Crippen MR) is 104 cm³/mol. The fourth-order valence-electron chi connectivity index (χ4n) is 2.52. The van der Waals surface area contributed by atoms with Crippen LogP contribution in [0.15, 0.2) is 54.6 Å². The lowest BCUT2D eigenvalue weighted by Gasteiger charge is -2.09. The molecule has 0 saturated carbocycles. The Bertz CT molecular complexity index is 947.